The van der Waals surface area contributed by atoms with Crippen LogP contribution >= 0.6 is 11.6 Å². The van der Waals surface area contributed by atoms with E-state index in [1.807, 2.05) is 0 Å². The molecular weight excluding hydrogens is 316 g/mol. The van der Waals surface area contributed by atoms with Crippen LogP contribution in [0.25, 0.3) is 43.8 Å². The minimum absolute atomic E-state index is 0.178. The highest BCUT2D eigenvalue weighted by molar-refractivity contribution is 6.36. The molecule has 0 aliphatic heterocycles. The average molecular weight is 342 g/mol. The first-order chi connectivity index (χ1) is 17.2. The molecule has 1 nitrogen and oxygen atoms in total. The maximum Gasteiger partial charge on any atom is 0.136 e. The zero-order chi connectivity index (χ0) is 27.4. The van der Waals surface area contributed by atoms with Crippen LogP contribution in [0.15, 0.2) is 83.0 Å². The van der Waals surface area contributed by atoms with Gasteiger partial charge < -0.3 is 4.42 Å². The van der Waals surface area contributed by atoms with Crippen molar-refractivity contribution in [3.8, 4) is 11.1 Å². The standard InChI is InChI=1S/C22H13ClO/c23-20-12-16(11-15-5-1-2-6-17(15)20)14-9-10-19-18-7-3-4-8-21(18)24-22(19)13-14/h1-13H/i1D,2D,3D,4D,5D,6D,7D,8D,9D,10D,11D,12D,13D. The third kappa shape index (κ3) is 2.02. The Morgan fingerprint density at radius 1 is 0.667 bits per heavy atom. The number of para-hydroxylation sites is 1. The highest BCUT2D eigenvalue weighted by Gasteiger charge is 2.09. The number of furan rings is 1. The molecule has 0 aliphatic rings. The quantitative estimate of drug-likeness (QED) is 0.318. The fraction of sp³-hybridized carbons (Fsp3) is 0. The van der Waals surface area contributed by atoms with Crippen LogP contribution in [0.1, 0.15) is 17.8 Å². The summed E-state index contributed by atoms with van der Waals surface area (Å²) in [4.78, 5) is 0. The molecule has 0 N–H and O–H groups in total. The Hall–Kier alpha value is -2.77. The lowest BCUT2D eigenvalue weighted by Gasteiger charge is -2.06. The van der Waals surface area contributed by atoms with Gasteiger partial charge in [0.2, 0.25) is 0 Å². The van der Waals surface area contributed by atoms with Gasteiger partial charge in [-0.3, -0.25) is 0 Å². The molecule has 1 aromatic heterocycles. The Kier molecular flexibility index (Phi) is 1.27. The molecule has 5 rings (SSSR count). The van der Waals surface area contributed by atoms with E-state index in [-0.39, 0.29) is 32.7 Å². The van der Waals surface area contributed by atoms with E-state index in [1.165, 1.54) is 0 Å². The van der Waals surface area contributed by atoms with Crippen molar-refractivity contribution >= 4 is 44.3 Å². The number of hydrogen-bond donors (Lipinski definition) is 0. The Labute approximate surface area is 162 Å². The molecule has 0 radical (unpaired) electrons. The number of rotatable bonds is 1. The summed E-state index contributed by atoms with van der Waals surface area (Å²) in [7, 11) is 0. The predicted molar refractivity (Wildman–Crippen MR) is 102 cm³/mol. The summed E-state index contributed by atoms with van der Waals surface area (Å²) in [6.45, 7) is 0. The second kappa shape index (κ2) is 5.12. The molecule has 114 valence electrons. The van der Waals surface area contributed by atoms with Crippen LogP contribution in [-0.4, -0.2) is 0 Å². The molecule has 0 amide bonds. The molecule has 5 aromatic rings. The zero-order valence-corrected chi connectivity index (χ0v) is 12.5. The van der Waals surface area contributed by atoms with Gasteiger partial charge in [-0.05, 0) is 46.7 Å². The van der Waals surface area contributed by atoms with E-state index in [4.69, 9.17) is 33.8 Å². The lowest BCUT2D eigenvalue weighted by atomic mass is 10.00. The summed E-state index contributed by atoms with van der Waals surface area (Å²) in [5.74, 6) is 0. The molecule has 0 fully saturated rings. The van der Waals surface area contributed by atoms with Crippen LogP contribution < -0.4 is 0 Å². The SMILES string of the molecule is [2H]c1c([2H])c([2H])c2c(oc3c([2H])c(-c4c([2H])c(Cl)c5c([2H])c([2H])c([2H])c([2H])c5c4[2H])c([2H])c([2H])c32)c1[2H]. The van der Waals surface area contributed by atoms with E-state index in [9.17, 15) is 0 Å². The fourth-order valence-electron chi connectivity index (χ4n) is 2.45. The van der Waals surface area contributed by atoms with Crippen LogP contribution in [0, 0.1) is 0 Å². The molecule has 0 unspecified atom stereocenters. The van der Waals surface area contributed by atoms with Crippen molar-refractivity contribution < 1.29 is 22.2 Å². The molecule has 0 saturated heterocycles. The summed E-state index contributed by atoms with van der Waals surface area (Å²) in [5.41, 5.74) is -1.53. The number of fused-ring (bicyclic) bond motifs is 4. The maximum atomic E-state index is 8.77. The molecule has 2 heteroatoms. The van der Waals surface area contributed by atoms with Crippen molar-refractivity contribution in [1.82, 2.24) is 0 Å². The van der Waals surface area contributed by atoms with E-state index in [0.717, 1.165) is 0 Å². The zero-order valence-electron chi connectivity index (χ0n) is 24.8. The van der Waals surface area contributed by atoms with Gasteiger partial charge in [0, 0.05) is 21.2 Å². The predicted octanol–water partition coefficient (Wildman–Crippen LogP) is 7.06. The maximum absolute atomic E-state index is 8.77. The Balaban J connectivity index is 2.02. The summed E-state index contributed by atoms with van der Waals surface area (Å²) in [6, 6.07) is -7.60. The summed E-state index contributed by atoms with van der Waals surface area (Å²) >= 11 is 6.36. The minimum Gasteiger partial charge on any atom is -0.456 e. The van der Waals surface area contributed by atoms with Gasteiger partial charge >= 0.3 is 0 Å². The van der Waals surface area contributed by atoms with Gasteiger partial charge in [-0.2, -0.15) is 0 Å². The molecule has 0 aliphatic carbocycles. The second-order valence-corrected chi connectivity index (χ2v) is 5.33. The van der Waals surface area contributed by atoms with Crippen LogP contribution in [0.5, 0.6) is 0 Å². The molecule has 1 heterocycles. The van der Waals surface area contributed by atoms with Gasteiger partial charge in [-0.1, -0.05) is 59.9 Å². The molecule has 4 aromatic carbocycles. The highest BCUT2D eigenvalue weighted by Crippen LogP contribution is 2.35. The van der Waals surface area contributed by atoms with Crippen molar-refractivity contribution in [1.29, 1.82) is 0 Å². The lowest BCUT2D eigenvalue weighted by molar-refractivity contribution is 0.669. The first kappa shape index (κ1) is 5.94. The fourth-order valence-corrected chi connectivity index (χ4v) is 2.68. The third-order valence-corrected chi connectivity index (χ3v) is 3.81. The number of hydrogen-bond acceptors (Lipinski definition) is 1. The van der Waals surface area contributed by atoms with Crippen molar-refractivity contribution in [2.75, 3.05) is 0 Å². The second-order valence-electron chi connectivity index (χ2n) is 4.95. The van der Waals surface area contributed by atoms with Gasteiger partial charge in [-0.25, -0.2) is 0 Å². The third-order valence-electron chi connectivity index (χ3n) is 3.53. The molecule has 24 heavy (non-hydrogen) atoms. The van der Waals surface area contributed by atoms with Crippen molar-refractivity contribution in [3.05, 3.63) is 83.6 Å². The molecule has 0 bridgehead atoms. The van der Waals surface area contributed by atoms with Gasteiger partial charge in [-0.15, -0.1) is 0 Å². The van der Waals surface area contributed by atoms with E-state index in [0.29, 0.717) is 0 Å². The van der Waals surface area contributed by atoms with Crippen LogP contribution in [0.4, 0.5) is 0 Å². The number of halogens is 1. The lowest BCUT2D eigenvalue weighted by Crippen LogP contribution is -1.81. The monoisotopic (exact) mass is 341 g/mol. The Morgan fingerprint density at radius 2 is 1.42 bits per heavy atom. The molecule has 0 spiro atoms. The Morgan fingerprint density at radius 3 is 2.33 bits per heavy atom. The minimum atomic E-state index is -0.647. The normalized spacial score (nSPS) is 19.1. The summed E-state index contributed by atoms with van der Waals surface area (Å²) in [6.07, 6.45) is 0. The summed E-state index contributed by atoms with van der Waals surface area (Å²) < 4.78 is 113. The van der Waals surface area contributed by atoms with Gasteiger partial charge in [0.1, 0.15) is 11.2 Å². The summed E-state index contributed by atoms with van der Waals surface area (Å²) in [5, 5.41) is -1.39. The van der Waals surface area contributed by atoms with Crippen LogP contribution in [-0.2, 0) is 0 Å². The number of benzene rings is 4. The first-order valence-electron chi connectivity index (χ1n) is 13.3. The van der Waals surface area contributed by atoms with Gasteiger partial charge in [0.15, 0.2) is 0 Å². The molecule has 0 saturated carbocycles. The van der Waals surface area contributed by atoms with E-state index >= 15 is 0 Å². The average Bonchev–Trinajstić information content (AvgIpc) is 3.27. The van der Waals surface area contributed by atoms with E-state index in [2.05, 4.69) is 0 Å². The highest BCUT2D eigenvalue weighted by atomic mass is 35.5. The van der Waals surface area contributed by atoms with Gasteiger partial charge in [0.25, 0.3) is 0 Å². The van der Waals surface area contributed by atoms with Crippen molar-refractivity contribution in [2.24, 2.45) is 0 Å². The smallest absolute Gasteiger partial charge is 0.136 e. The van der Waals surface area contributed by atoms with E-state index in [1.54, 1.807) is 0 Å². The van der Waals surface area contributed by atoms with Crippen LogP contribution in [0.2, 0.25) is 5.02 Å². The van der Waals surface area contributed by atoms with Crippen molar-refractivity contribution in [3.63, 3.8) is 0 Å². The largest absolute Gasteiger partial charge is 0.456 e. The van der Waals surface area contributed by atoms with Crippen LogP contribution in [0.3, 0.4) is 0 Å². The van der Waals surface area contributed by atoms with Gasteiger partial charge in [0.05, 0.1) is 17.8 Å². The van der Waals surface area contributed by atoms with Crippen molar-refractivity contribution in [2.45, 2.75) is 0 Å². The Bertz CT molecular complexity index is 1880. The topological polar surface area (TPSA) is 13.1 Å². The molecule has 0 atom stereocenters. The van der Waals surface area contributed by atoms with E-state index < -0.39 is 94.7 Å². The first-order valence-corrected chi connectivity index (χ1v) is 7.23. The molecular formula is C22H13ClO.